The summed E-state index contributed by atoms with van der Waals surface area (Å²) >= 11 is 0. The summed E-state index contributed by atoms with van der Waals surface area (Å²) in [7, 11) is 0. The normalized spacial score (nSPS) is 21.5. The van der Waals surface area contributed by atoms with Crippen LogP contribution >= 0.6 is 0 Å². The molecular formula is C17H23NO4. The lowest BCUT2D eigenvalue weighted by atomic mass is 9.93. The standard InChI is InChI=1S/C17H23NO4/c1-16(2,3)22-12-10-17(9-11-21-15(17)20)18-14(19)13-7-5-4-6-8-13/h4-8H,9-12H2,1-3H3,(H,18,19)/t17-/m1/s1. The zero-order chi connectivity index (χ0) is 16.2. The summed E-state index contributed by atoms with van der Waals surface area (Å²) in [5.74, 6) is -0.649. The van der Waals surface area contributed by atoms with Crippen LogP contribution in [0.4, 0.5) is 0 Å². The van der Waals surface area contributed by atoms with Crippen molar-refractivity contribution in [3.63, 3.8) is 0 Å². The van der Waals surface area contributed by atoms with Gasteiger partial charge in [-0.25, -0.2) is 4.79 Å². The van der Waals surface area contributed by atoms with Crippen molar-refractivity contribution in [2.24, 2.45) is 0 Å². The minimum Gasteiger partial charge on any atom is -0.464 e. The minimum absolute atomic E-state index is 0.268. The lowest BCUT2D eigenvalue weighted by Gasteiger charge is -2.28. The zero-order valence-electron chi connectivity index (χ0n) is 13.3. The molecule has 0 bridgehead atoms. The summed E-state index contributed by atoms with van der Waals surface area (Å²) in [4.78, 5) is 24.5. The van der Waals surface area contributed by atoms with Crippen molar-refractivity contribution < 1.29 is 19.1 Å². The number of rotatable bonds is 5. The fourth-order valence-corrected chi connectivity index (χ4v) is 2.37. The van der Waals surface area contributed by atoms with Crippen molar-refractivity contribution in [2.45, 2.75) is 44.8 Å². The van der Waals surface area contributed by atoms with Crippen LogP contribution in [0.5, 0.6) is 0 Å². The number of esters is 1. The fourth-order valence-electron chi connectivity index (χ4n) is 2.37. The number of ether oxygens (including phenoxy) is 2. The lowest BCUT2D eigenvalue weighted by molar-refractivity contribution is -0.144. The Bertz CT molecular complexity index is 535. The van der Waals surface area contributed by atoms with Crippen molar-refractivity contribution in [2.75, 3.05) is 13.2 Å². The van der Waals surface area contributed by atoms with E-state index in [1.54, 1.807) is 24.3 Å². The Labute approximate surface area is 131 Å². The first-order chi connectivity index (χ1) is 10.3. The fraction of sp³-hybridized carbons (Fsp3) is 0.529. The van der Waals surface area contributed by atoms with Gasteiger partial charge in [0.25, 0.3) is 5.91 Å². The van der Waals surface area contributed by atoms with Crippen LogP contribution < -0.4 is 5.32 Å². The van der Waals surface area contributed by atoms with Crippen LogP contribution in [0.25, 0.3) is 0 Å². The average Bonchev–Trinajstić information content (AvgIpc) is 2.80. The average molecular weight is 305 g/mol. The van der Waals surface area contributed by atoms with Crippen molar-refractivity contribution in [3.8, 4) is 0 Å². The van der Waals surface area contributed by atoms with Gasteiger partial charge in [-0.05, 0) is 32.9 Å². The van der Waals surface area contributed by atoms with E-state index in [9.17, 15) is 9.59 Å². The molecule has 1 N–H and O–H groups in total. The van der Waals surface area contributed by atoms with E-state index < -0.39 is 5.54 Å². The molecular weight excluding hydrogens is 282 g/mol. The van der Waals surface area contributed by atoms with Gasteiger partial charge in [-0.2, -0.15) is 0 Å². The molecule has 0 unspecified atom stereocenters. The first-order valence-corrected chi connectivity index (χ1v) is 7.51. The molecule has 0 saturated carbocycles. The number of hydrogen-bond acceptors (Lipinski definition) is 4. The second kappa shape index (κ2) is 6.48. The monoisotopic (exact) mass is 305 g/mol. The van der Waals surface area contributed by atoms with E-state index in [2.05, 4.69) is 5.32 Å². The summed E-state index contributed by atoms with van der Waals surface area (Å²) in [5.41, 5.74) is -0.746. The molecule has 0 aromatic heterocycles. The molecule has 5 heteroatoms. The van der Waals surface area contributed by atoms with Gasteiger partial charge in [-0.3, -0.25) is 4.79 Å². The summed E-state index contributed by atoms with van der Waals surface area (Å²) in [6.45, 7) is 6.57. The van der Waals surface area contributed by atoms with Crippen LogP contribution in [-0.2, 0) is 14.3 Å². The van der Waals surface area contributed by atoms with Crippen LogP contribution in [0, 0.1) is 0 Å². The highest BCUT2D eigenvalue weighted by atomic mass is 16.5. The van der Waals surface area contributed by atoms with Gasteiger partial charge in [0.1, 0.15) is 5.54 Å². The second-order valence-corrected chi connectivity index (χ2v) is 6.50. The van der Waals surface area contributed by atoms with E-state index >= 15 is 0 Å². The molecule has 22 heavy (non-hydrogen) atoms. The van der Waals surface area contributed by atoms with E-state index in [0.29, 0.717) is 31.6 Å². The van der Waals surface area contributed by atoms with Crippen molar-refractivity contribution in [1.82, 2.24) is 5.32 Å². The summed E-state index contributed by atoms with van der Waals surface area (Å²) in [6, 6.07) is 8.85. The second-order valence-electron chi connectivity index (χ2n) is 6.50. The molecule has 5 nitrogen and oxygen atoms in total. The number of cyclic esters (lactones) is 1. The van der Waals surface area contributed by atoms with Gasteiger partial charge in [0.05, 0.1) is 18.8 Å². The molecule has 0 spiro atoms. The minimum atomic E-state index is -0.988. The molecule has 1 amide bonds. The quantitative estimate of drug-likeness (QED) is 0.848. The number of hydrogen-bond donors (Lipinski definition) is 1. The maximum Gasteiger partial charge on any atom is 0.332 e. The number of nitrogens with one attached hydrogen (secondary N) is 1. The highest BCUT2D eigenvalue weighted by molar-refractivity contribution is 5.98. The van der Waals surface area contributed by atoms with E-state index in [-0.39, 0.29) is 17.5 Å². The number of amides is 1. The molecule has 1 aromatic rings. The summed E-state index contributed by atoms with van der Waals surface area (Å²) in [5, 5.41) is 2.85. The Morgan fingerprint density at radius 1 is 1.32 bits per heavy atom. The molecule has 1 fully saturated rings. The van der Waals surface area contributed by atoms with Gasteiger partial charge in [0, 0.05) is 18.4 Å². The van der Waals surface area contributed by atoms with Crippen LogP contribution in [0.3, 0.4) is 0 Å². The van der Waals surface area contributed by atoms with Gasteiger partial charge in [0.2, 0.25) is 0 Å². The molecule has 1 aliphatic heterocycles. The van der Waals surface area contributed by atoms with Crippen molar-refractivity contribution in [3.05, 3.63) is 35.9 Å². The molecule has 0 aliphatic carbocycles. The molecule has 2 rings (SSSR count). The van der Waals surface area contributed by atoms with Gasteiger partial charge < -0.3 is 14.8 Å². The van der Waals surface area contributed by atoms with Crippen molar-refractivity contribution in [1.29, 1.82) is 0 Å². The highest BCUT2D eigenvalue weighted by Gasteiger charge is 2.45. The first kappa shape index (κ1) is 16.5. The van der Waals surface area contributed by atoms with Gasteiger partial charge >= 0.3 is 5.97 Å². The predicted molar refractivity (Wildman–Crippen MR) is 82.5 cm³/mol. The van der Waals surface area contributed by atoms with E-state index in [1.165, 1.54) is 0 Å². The SMILES string of the molecule is CC(C)(C)OCC[C@]1(NC(=O)c2ccccc2)CCOC1=O. The predicted octanol–water partition coefficient (Wildman–Crippen LogP) is 2.31. The van der Waals surface area contributed by atoms with Gasteiger partial charge in [-0.15, -0.1) is 0 Å². The maximum absolute atomic E-state index is 12.4. The zero-order valence-corrected chi connectivity index (χ0v) is 13.3. The smallest absolute Gasteiger partial charge is 0.332 e. The molecule has 1 aromatic carbocycles. The van der Waals surface area contributed by atoms with Crippen molar-refractivity contribution >= 4 is 11.9 Å². The molecule has 1 aliphatic rings. The maximum atomic E-state index is 12.4. The van der Waals surface area contributed by atoms with Crippen LogP contribution in [0.15, 0.2) is 30.3 Å². The van der Waals surface area contributed by atoms with E-state index in [1.807, 2.05) is 26.8 Å². The van der Waals surface area contributed by atoms with E-state index in [4.69, 9.17) is 9.47 Å². The molecule has 1 saturated heterocycles. The van der Waals surface area contributed by atoms with E-state index in [0.717, 1.165) is 0 Å². The topological polar surface area (TPSA) is 64.6 Å². The number of carbonyl (C=O) groups excluding carboxylic acids is 2. The third-order valence-corrected chi connectivity index (χ3v) is 3.61. The third kappa shape index (κ3) is 4.07. The third-order valence-electron chi connectivity index (χ3n) is 3.61. The Morgan fingerprint density at radius 2 is 2.00 bits per heavy atom. The largest absolute Gasteiger partial charge is 0.464 e. The first-order valence-electron chi connectivity index (χ1n) is 7.51. The van der Waals surface area contributed by atoms with Gasteiger partial charge in [-0.1, -0.05) is 18.2 Å². The Kier molecular flexibility index (Phi) is 4.86. The number of carbonyl (C=O) groups is 2. The summed E-state index contributed by atoms with van der Waals surface area (Å²) in [6.07, 6.45) is 0.875. The van der Waals surface area contributed by atoms with Crippen LogP contribution in [0.2, 0.25) is 0 Å². The molecule has 0 radical (unpaired) electrons. The van der Waals surface area contributed by atoms with Gasteiger partial charge in [0.15, 0.2) is 0 Å². The lowest BCUT2D eigenvalue weighted by Crippen LogP contribution is -2.53. The Balaban J connectivity index is 2.06. The molecule has 1 atom stereocenters. The van der Waals surface area contributed by atoms with Crippen LogP contribution in [0.1, 0.15) is 44.0 Å². The number of benzene rings is 1. The highest BCUT2D eigenvalue weighted by Crippen LogP contribution is 2.26. The molecule has 120 valence electrons. The Morgan fingerprint density at radius 3 is 2.55 bits per heavy atom. The van der Waals surface area contributed by atoms with Crippen LogP contribution in [-0.4, -0.2) is 36.2 Å². The Hall–Kier alpha value is -1.88. The molecule has 1 heterocycles. The summed E-state index contributed by atoms with van der Waals surface area (Å²) < 4.78 is 10.8.